The van der Waals surface area contributed by atoms with Crippen LogP contribution < -0.4 is 10.2 Å². The molecular formula is C17H19N3O6. The average Bonchev–Trinajstić information content (AvgIpc) is 2.87. The largest absolute Gasteiger partial charge is 0.468 e. The fourth-order valence-electron chi connectivity index (χ4n) is 3.24. The molecule has 0 saturated carbocycles. The van der Waals surface area contributed by atoms with Crippen LogP contribution in [0.25, 0.3) is 0 Å². The van der Waals surface area contributed by atoms with E-state index in [0.29, 0.717) is 12.2 Å². The Hall–Kier alpha value is -2.78. The highest BCUT2D eigenvalue weighted by Gasteiger charge is 2.54. The van der Waals surface area contributed by atoms with Gasteiger partial charge in [-0.1, -0.05) is 18.2 Å². The van der Waals surface area contributed by atoms with Crippen molar-refractivity contribution in [1.29, 1.82) is 0 Å². The van der Waals surface area contributed by atoms with Crippen LogP contribution >= 0.6 is 0 Å². The maximum absolute atomic E-state index is 12.8. The fourth-order valence-corrected chi connectivity index (χ4v) is 3.24. The lowest BCUT2D eigenvalue weighted by Crippen LogP contribution is -2.61. The zero-order chi connectivity index (χ0) is 18.8. The molecule has 9 nitrogen and oxygen atoms in total. The van der Waals surface area contributed by atoms with E-state index in [4.69, 9.17) is 0 Å². The van der Waals surface area contributed by atoms with E-state index < -0.39 is 41.8 Å². The van der Waals surface area contributed by atoms with Gasteiger partial charge in [0.1, 0.15) is 18.7 Å². The second kappa shape index (κ2) is 7.22. The number of anilines is 1. The number of carbonyl (C=O) groups excluding carboxylic acids is 4. The van der Waals surface area contributed by atoms with Crippen LogP contribution in [0.15, 0.2) is 30.3 Å². The van der Waals surface area contributed by atoms with Crippen molar-refractivity contribution in [2.75, 3.05) is 31.6 Å². The topological polar surface area (TPSA) is 116 Å². The van der Waals surface area contributed by atoms with Crippen LogP contribution in [0.5, 0.6) is 0 Å². The van der Waals surface area contributed by atoms with E-state index in [0.717, 1.165) is 4.90 Å². The van der Waals surface area contributed by atoms with Crippen LogP contribution in [0.3, 0.4) is 0 Å². The Bertz CT molecular complexity index is 737. The molecule has 2 aliphatic rings. The summed E-state index contributed by atoms with van der Waals surface area (Å²) < 4.78 is 4.56. The molecule has 1 aromatic carbocycles. The molecule has 3 amide bonds. The summed E-state index contributed by atoms with van der Waals surface area (Å²) in [6.07, 6.45) is -1.64. The van der Waals surface area contributed by atoms with Gasteiger partial charge in [-0.15, -0.1) is 0 Å². The maximum Gasteiger partial charge on any atom is 0.325 e. The summed E-state index contributed by atoms with van der Waals surface area (Å²) in [4.78, 5) is 51.5. The number of aliphatic hydroxyl groups is 1. The summed E-state index contributed by atoms with van der Waals surface area (Å²) in [5.74, 6) is -3.79. The number of rotatable bonds is 4. The summed E-state index contributed by atoms with van der Waals surface area (Å²) in [7, 11) is 1.22. The molecule has 0 aliphatic carbocycles. The van der Waals surface area contributed by atoms with Crippen LogP contribution in [0.2, 0.25) is 0 Å². The second-order valence-electron chi connectivity index (χ2n) is 6.09. The molecule has 2 aliphatic heterocycles. The van der Waals surface area contributed by atoms with Crippen LogP contribution in [0.4, 0.5) is 5.69 Å². The van der Waals surface area contributed by atoms with Crippen molar-refractivity contribution in [3.8, 4) is 0 Å². The van der Waals surface area contributed by atoms with E-state index in [9.17, 15) is 24.3 Å². The Morgan fingerprint density at radius 1 is 1.19 bits per heavy atom. The highest BCUT2D eigenvalue weighted by atomic mass is 16.5. The summed E-state index contributed by atoms with van der Waals surface area (Å²) in [6, 6.07) is 7.12. The van der Waals surface area contributed by atoms with Gasteiger partial charge < -0.3 is 20.1 Å². The highest BCUT2D eigenvalue weighted by Crippen LogP contribution is 2.30. The molecule has 2 N–H and O–H groups in total. The van der Waals surface area contributed by atoms with E-state index in [1.807, 2.05) is 0 Å². The summed E-state index contributed by atoms with van der Waals surface area (Å²) >= 11 is 0. The molecule has 138 valence electrons. The Balaban J connectivity index is 1.84. The minimum Gasteiger partial charge on any atom is -0.468 e. The van der Waals surface area contributed by atoms with Crippen LogP contribution in [-0.2, 0) is 23.9 Å². The summed E-state index contributed by atoms with van der Waals surface area (Å²) in [6.45, 7) is 0.335. The van der Waals surface area contributed by atoms with E-state index in [2.05, 4.69) is 10.1 Å². The second-order valence-corrected chi connectivity index (χ2v) is 6.09. The quantitative estimate of drug-likeness (QED) is 0.496. The molecule has 1 aromatic rings. The van der Waals surface area contributed by atoms with Crippen molar-refractivity contribution in [3.63, 3.8) is 0 Å². The van der Waals surface area contributed by atoms with E-state index in [1.165, 1.54) is 12.0 Å². The predicted molar refractivity (Wildman–Crippen MR) is 88.8 cm³/mol. The van der Waals surface area contributed by atoms with Gasteiger partial charge in [0.15, 0.2) is 0 Å². The van der Waals surface area contributed by atoms with Gasteiger partial charge in [-0.25, -0.2) is 4.90 Å². The number of hydrogen-bond acceptors (Lipinski definition) is 7. The molecule has 0 radical (unpaired) electrons. The first-order valence-electron chi connectivity index (χ1n) is 8.15. The Morgan fingerprint density at radius 3 is 2.54 bits per heavy atom. The molecule has 2 heterocycles. The number of ether oxygens (including phenoxy) is 1. The van der Waals surface area contributed by atoms with Gasteiger partial charge >= 0.3 is 5.97 Å². The van der Waals surface area contributed by atoms with Crippen LogP contribution in [-0.4, -0.2) is 72.6 Å². The van der Waals surface area contributed by atoms with Crippen molar-refractivity contribution in [2.45, 2.75) is 12.1 Å². The minimum atomic E-state index is -1.64. The van der Waals surface area contributed by atoms with Gasteiger partial charge in [-0.3, -0.25) is 19.2 Å². The SMILES string of the molecule is COC(=O)CN1CCNC(C2C(=O)N(c3ccccc3)C(=O)C2O)C1=O. The molecule has 2 saturated heterocycles. The van der Waals surface area contributed by atoms with Crippen LogP contribution in [0, 0.1) is 5.92 Å². The lowest BCUT2D eigenvalue weighted by Gasteiger charge is -2.35. The number of imide groups is 1. The Kier molecular flexibility index (Phi) is 5.01. The van der Waals surface area contributed by atoms with Gasteiger partial charge in [0.2, 0.25) is 11.8 Å². The number of carbonyl (C=O) groups is 4. The number of hydrogen-bond donors (Lipinski definition) is 2. The van der Waals surface area contributed by atoms with Crippen molar-refractivity contribution in [2.24, 2.45) is 5.92 Å². The molecule has 26 heavy (non-hydrogen) atoms. The molecule has 0 bridgehead atoms. The smallest absolute Gasteiger partial charge is 0.325 e. The number of para-hydroxylation sites is 1. The third kappa shape index (κ3) is 3.06. The third-order valence-electron chi connectivity index (χ3n) is 4.56. The molecular weight excluding hydrogens is 342 g/mol. The first kappa shape index (κ1) is 18.0. The van der Waals surface area contributed by atoms with Gasteiger partial charge in [-0.2, -0.15) is 0 Å². The van der Waals surface area contributed by atoms with E-state index >= 15 is 0 Å². The summed E-state index contributed by atoms with van der Waals surface area (Å²) in [5, 5.41) is 13.2. The number of nitrogens with one attached hydrogen (secondary N) is 1. The number of piperazine rings is 1. The Labute approximate surface area is 149 Å². The lowest BCUT2D eigenvalue weighted by molar-refractivity contribution is -0.151. The van der Waals surface area contributed by atoms with Crippen molar-refractivity contribution >= 4 is 29.4 Å². The van der Waals surface area contributed by atoms with Gasteiger partial charge in [0, 0.05) is 13.1 Å². The lowest BCUT2D eigenvalue weighted by atomic mass is 9.93. The van der Waals surface area contributed by atoms with Crippen molar-refractivity contribution < 1.29 is 29.0 Å². The normalized spacial score (nSPS) is 26.4. The zero-order valence-electron chi connectivity index (χ0n) is 14.1. The summed E-state index contributed by atoms with van der Waals surface area (Å²) in [5.41, 5.74) is 0.332. The molecule has 0 aromatic heterocycles. The van der Waals surface area contributed by atoms with Gasteiger partial charge in [0.05, 0.1) is 18.7 Å². The van der Waals surface area contributed by atoms with E-state index in [-0.39, 0.29) is 13.1 Å². The first-order chi connectivity index (χ1) is 12.5. The molecule has 9 heteroatoms. The highest BCUT2D eigenvalue weighted by molar-refractivity contribution is 6.24. The molecule has 3 rings (SSSR count). The molecule has 3 atom stereocenters. The number of amides is 3. The predicted octanol–water partition coefficient (Wildman–Crippen LogP) is -1.49. The van der Waals surface area contributed by atoms with Crippen molar-refractivity contribution in [1.82, 2.24) is 10.2 Å². The number of esters is 1. The zero-order valence-corrected chi connectivity index (χ0v) is 14.1. The number of nitrogens with zero attached hydrogens (tertiary/aromatic N) is 2. The standard InChI is InChI=1S/C17H19N3O6/c1-26-11(21)9-19-8-7-18-13(16(19)24)12-14(22)17(25)20(15(12)23)10-5-3-2-4-6-10/h2-6,12-14,18,22H,7-9H2,1H3. The van der Waals surface area contributed by atoms with Gasteiger partial charge in [-0.05, 0) is 12.1 Å². The van der Waals surface area contributed by atoms with Crippen molar-refractivity contribution in [3.05, 3.63) is 30.3 Å². The molecule has 0 spiro atoms. The number of methoxy groups -OCH3 is 1. The fraction of sp³-hybridized carbons (Fsp3) is 0.412. The number of aliphatic hydroxyl groups excluding tert-OH is 1. The van der Waals surface area contributed by atoms with Crippen LogP contribution in [0.1, 0.15) is 0 Å². The average molecular weight is 361 g/mol. The van der Waals surface area contributed by atoms with E-state index in [1.54, 1.807) is 30.3 Å². The Morgan fingerprint density at radius 2 is 1.88 bits per heavy atom. The third-order valence-corrected chi connectivity index (χ3v) is 4.56. The molecule has 3 unspecified atom stereocenters. The minimum absolute atomic E-state index is 0.249. The maximum atomic E-state index is 12.8. The monoisotopic (exact) mass is 361 g/mol. The molecule has 2 fully saturated rings. The number of benzene rings is 1. The first-order valence-corrected chi connectivity index (χ1v) is 8.15. The van der Waals surface area contributed by atoms with Gasteiger partial charge in [0.25, 0.3) is 5.91 Å².